The summed E-state index contributed by atoms with van der Waals surface area (Å²) in [6.07, 6.45) is 0. The Morgan fingerprint density at radius 3 is 2.07 bits per heavy atom. The number of benzene rings is 3. The Morgan fingerprint density at radius 1 is 0.704 bits per heavy atom. The maximum Gasteiger partial charge on any atom is 0.321 e. The number of hydrogen-bond donors (Lipinski definition) is 1. The molecule has 1 aliphatic rings. The molecule has 0 bridgehead atoms. The number of nitrogens with one attached hydrogen (secondary N) is 1. The van der Waals surface area contributed by atoms with Crippen molar-refractivity contribution in [2.75, 3.05) is 31.5 Å². The van der Waals surface area contributed by atoms with Gasteiger partial charge in [-0.1, -0.05) is 48.5 Å². The van der Waals surface area contributed by atoms with E-state index in [0.717, 1.165) is 16.5 Å². The summed E-state index contributed by atoms with van der Waals surface area (Å²) < 4.78 is 0. The number of carbonyl (C=O) groups is 2. The van der Waals surface area contributed by atoms with E-state index >= 15 is 0 Å². The lowest BCUT2D eigenvalue weighted by Crippen LogP contribution is -2.51. The topological polar surface area (TPSA) is 52.7 Å². The highest BCUT2D eigenvalue weighted by Crippen LogP contribution is 2.19. The minimum atomic E-state index is -0.128. The third-order valence-corrected chi connectivity index (χ3v) is 4.88. The SMILES string of the molecule is O=C(Nc1ccc2ccccc2c1)N1CCN(C(=O)c2ccccc2)CC1. The van der Waals surface area contributed by atoms with Gasteiger partial charge in [-0.25, -0.2) is 4.79 Å². The van der Waals surface area contributed by atoms with Crippen molar-refractivity contribution in [3.8, 4) is 0 Å². The molecule has 5 heteroatoms. The zero-order valence-corrected chi connectivity index (χ0v) is 15.0. The number of carbonyl (C=O) groups excluding carboxylic acids is 2. The normalized spacial score (nSPS) is 14.2. The molecule has 0 aliphatic carbocycles. The fourth-order valence-electron chi connectivity index (χ4n) is 3.35. The van der Waals surface area contributed by atoms with Gasteiger partial charge in [-0.2, -0.15) is 0 Å². The van der Waals surface area contributed by atoms with Crippen molar-refractivity contribution in [1.29, 1.82) is 0 Å². The average molecular weight is 359 g/mol. The number of nitrogens with zero attached hydrogens (tertiary/aromatic N) is 2. The monoisotopic (exact) mass is 359 g/mol. The lowest BCUT2D eigenvalue weighted by molar-refractivity contribution is 0.0671. The van der Waals surface area contributed by atoms with Gasteiger partial charge in [0.1, 0.15) is 0 Å². The molecule has 1 aliphatic heterocycles. The Morgan fingerprint density at radius 2 is 1.33 bits per heavy atom. The van der Waals surface area contributed by atoms with Gasteiger partial charge in [0.05, 0.1) is 0 Å². The van der Waals surface area contributed by atoms with Crippen LogP contribution in [0.5, 0.6) is 0 Å². The molecule has 0 unspecified atom stereocenters. The highest BCUT2D eigenvalue weighted by Gasteiger charge is 2.24. The molecule has 1 fully saturated rings. The number of rotatable bonds is 2. The van der Waals surface area contributed by atoms with Crippen molar-refractivity contribution in [3.05, 3.63) is 78.4 Å². The van der Waals surface area contributed by atoms with E-state index in [-0.39, 0.29) is 11.9 Å². The van der Waals surface area contributed by atoms with Crippen LogP contribution in [0, 0.1) is 0 Å². The third-order valence-electron chi connectivity index (χ3n) is 4.88. The lowest BCUT2D eigenvalue weighted by atomic mass is 10.1. The molecule has 3 aromatic carbocycles. The van der Waals surface area contributed by atoms with E-state index in [4.69, 9.17) is 0 Å². The van der Waals surface area contributed by atoms with Gasteiger partial charge >= 0.3 is 6.03 Å². The van der Waals surface area contributed by atoms with E-state index < -0.39 is 0 Å². The molecule has 5 nitrogen and oxygen atoms in total. The van der Waals surface area contributed by atoms with Crippen LogP contribution in [0.1, 0.15) is 10.4 Å². The van der Waals surface area contributed by atoms with Crippen molar-refractivity contribution >= 4 is 28.4 Å². The lowest BCUT2D eigenvalue weighted by Gasteiger charge is -2.34. The summed E-state index contributed by atoms with van der Waals surface area (Å²) in [5.74, 6) is 0.0187. The fraction of sp³-hybridized carbons (Fsp3) is 0.182. The van der Waals surface area contributed by atoms with Gasteiger partial charge in [0.2, 0.25) is 0 Å². The number of anilines is 1. The standard InChI is InChI=1S/C22H21N3O2/c26-21(18-7-2-1-3-8-18)24-12-14-25(15-13-24)22(27)23-20-11-10-17-6-4-5-9-19(17)16-20/h1-11,16H,12-15H2,(H,23,27). The first kappa shape index (κ1) is 17.1. The zero-order chi connectivity index (χ0) is 18.6. The zero-order valence-electron chi connectivity index (χ0n) is 15.0. The molecular formula is C22H21N3O2. The first-order chi connectivity index (χ1) is 13.2. The second-order valence-corrected chi connectivity index (χ2v) is 6.64. The molecule has 4 rings (SSSR count). The van der Waals surface area contributed by atoms with Crippen LogP contribution in [0.15, 0.2) is 72.8 Å². The summed E-state index contributed by atoms with van der Waals surface area (Å²) in [7, 11) is 0. The minimum absolute atomic E-state index is 0.0187. The Bertz CT molecular complexity index is 963. The van der Waals surface area contributed by atoms with Crippen molar-refractivity contribution in [3.63, 3.8) is 0 Å². The van der Waals surface area contributed by atoms with Crippen molar-refractivity contribution in [2.45, 2.75) is 0 Å². The van der Waals surface area contributed by atoms with E-state index in [1.54, 1.807) is 9.80 Å². The predicted molar refractivity (Wildman–Crippen MR) is 107 cm³/mol. The largest absolute Gasteiger partial charge is 0.335 e. The molecule has 0 saturated carbocycles. The molecular weight excluding hydrogens is 338 g/mol. The minimum Gasteiger partial charge on any atom is -0.335 e. The van der Waals surface area contributed by atoms with Gasteiger partial charge in [-0.15, -0.1) is 0 Å². The van der Waals surface area contributed by atoms with Crippen LogP contribution in [0.3, 0.4) is 0 Å². The van der Waals surface area contributed by atoms with Crippen molar-refractivity contribution in [1.82, 2.24) is 9.80 Å². The molecule has 27 heavy (non-hydrogen) atoms. The van der Waals surface area contributed by atoms with Crippen LogP contribution in [0.2, 0.25) is 0 Å². The molecule has 1 heterocycles. The van der Waals surface area contributed by atoms with Gasteiger partial charge in [0.15, 0.2) is 0 Å². The molecule has 136 valence electrons. The third kappa shape index (κ3) is 3.77. The molecule has 1 N–H and O–H groups in total. The summed E-state index contributed by atoms with van der Waals surface area (Å²) in [4.78, 5) is 28.6. The van der Waals surface area contributed by atoms with E-state index in [1.165, 1.54) is 0 Å². The van der Waals surface area contributed by atoms with Gasteiger partial charge in [-0.3, -0.25) is 4.79 Å². The fourth-order valence-corrected chi connectivity index (χ4v) is 3.35. The van der Waals surface area contributed by atoms with Gasteiger partial charge in [-0.05, 0) is 35.0 Å². The average Bonchev–Trinajstić information content (AvgIpc) is 2.74. The van der Waals surface area contributed by atoms with Crippen LogP contribution in [0.25, 0.3) is 10.8 Å². The van der Waals surface area contributed by atoms with E-state index in [0.29, 0.717) is 31.7 Å². The first-order valence-corrected chi connectivity index (χ1v) is 9.10. The van der Waals surface area contributed by atoms with Gasteiger partial charge < -0.3 is 15.1 Å². The maximum atomic E-state index is 12.6. The number of amides is 3. The number of fused-ring (bicyclic) bond motifs is 1. The Kier molecular flexibility index (Phi) is 4.75. The van der Waals surface area contributed by atoms with Crippen LogP contribution >= 0.6 is 0 Å². The summed E-state index contributed by atoms with van der Waals surface area (Å²) >= 11 is 0. The van der Waals surface area contributed by atoms with Crippen LogP contribution in [-0.4, -0.2) is 47.9 Å². The van der Waals surface area contributed by atoms with Crippen LogP contribution in [-0.2, 0) is 0 Å². The summed E-state index contributed by atoms with van der Waals surface area (Å²) in [6, 6.07) is 23.1. The molecule has 1 saturated heterocycles. The quantitative estimate of drug-likeness (QED) is 0.756. The maximum absolute atomic E-state index is 12.6. The molecule has 0 radical (unpaired) electrons. The van der Waals surface area contributed by atoms with Gasteiger partial charge in [0, 0.05) is 37.4 Å². The van der Waals surface area contributed by atoms with Crippen LogP contribution < -0.4 is 5.32 Å². The Hall–Kier alpha value is -3.34. The highest BCUT2D eigenvalue weighted by molar-refractivity contribution is 5.95. The van der Waals surface area contributed by atoms with Crippen molar-refractivity contribution < 1.29 is 9.59 Å². The molecule has 3 aromatic rings. The summed E-state index contributed by atoms with van der Waals surface area (Å²) in [6.45, 7) is 2.13. The van der Waals surface area contributed by atoms with E-state index in [2.05, 4.69) is 5.32 Å². The van der Waals surface area contributed by atoms with E-state index in [1.807, 2.05) is 72.8 Å². The molecule has 0 atom stereocenters. The Balaban J connectivity index is 1.36. The van der Waals surface area contributed by atoms with Crippen LogP contribution in [0.4, 0.5) is 10.5 Å². The molecule has 0 spiro atoms. The van der Waals surface area contributed by atoms with E-state index in [9.17, 15) is 9.59 Å². The summed E-state index contributed by atoms with van der Waals surface area (Å²) in [5, 5.41) is 5.20. The smallest absolute Gasteiger partial charge is 0.321 e. The second kappa shape index (κ2) is 7.50. The molecule has 0 aromatic heterocycles. The highest BCUT2D eigenvalue weighted by atomic mass is 16.2. The first-order valence-electron chi connectivity index (χ1n) is 9.10. The Labute approximate surface area is 158 Å². The summed E-state index contributed by atoms with van der Waals surface area (Å²) in [5.41, 5.74) is 1.47. The number of hydrogen-bond acceptors (Lipinski definition) is 2. The number of urea groups is 1. The molecule has 3 amide bonds. The predicted octanol–water partition coefficient (Wildman–Crippen LogP) is 3.83. The second-order valence-electron chi connectivity index (χ2n) is 6.64. The number of piperazine rings is 1. The van der Waals surface area contributed by atoms with Crippen molar-refractivity contribution in [2.24, 2.45) is 0 Å². The van der Waals surface area contributed by atoms with Gasteiger partial charge in [0.25, 0.3) is 5.91 Å².